The van der Waals surface area contributed by atoms with Gasteiger partial charge in [-0.3, -0.25) is 9.89 Å². The summed E-state index contributed by atoms with van der Waals surface area (Å²) in [6.07, 6.45) is 6.97. The van der Waals surface area contributed by atoms with Crippen LogP contribution in [0.2, 0.25) is 0 Å². The fourth-order valence-electron chi connectivity index (χ4n) is 3.14. The molecule has 2 N–H and O–H groups in total. The van der Waals surface area contributed by atoms with E-state index in [1.54, 1.807) is 13.3 Å². The van der Waals surface area contributed by atoms with Gasteiger partial charge in [0.25, 0.3) is 0 Å². The van der Waals surface area contributed by atoms with Gasteiger partial charge in [-0.2, -0.15) is 0 Å². The van der Waals surface area contributed by atoms with Crippen LogP contribution in [0.5, 0.6) is 0 Å². The van der Waals surface area contributed by atoms with Crippen molar-refractivity contribution in [2.75, 3.05) is 26.7 Å². The zero-order valence-corrected chi connectivity index (χ0v) is 14.7. The van der Waals surface area contributed by atoms with Gasteiger partial charge in [-0.25, -0.2) is 0 Å². The highest BCUT2D eigenvalue weighted by atomic mass is 16.5. The van der Waals surface area contributed by atoms with Crippen molar-refractivity contribution in [3.8, 4) is 0 Å². The van der Waals surface area contributed by atoms with E-state index in [-0.39, 0.29) is 0 Å². The molecule has 2 rings (SSSR count). The summed E-state index contributed by atoms with van der Waals surface area (Å²) in [5, 5.41) is 10.7. The predicted molar refractivity (Wildman–Crippen MR) is 93.4 cm³/mol. The lowest BCUT2D eigenvalue weighted by Crippen LogP contribution is -2.49. The van der Waals surface area contributed by atoms with E-state index in [9.17, 15) is 0 Å². The minimum Gasteiger partial charge on any atom is -0.364 e. The van der Waals surface area contributed by atoms with E-state index in [4.69, 9.17) is 4.52 Å². The number of nitrogens with zero attached hydrogens (tertiary/aromatic N) is 3. The molecule has 23 heavy (non-hydrogen) atoms. The van der Waals surface area contributed by atoms with Gasteiger partial charge in [0.05, 0.1) is 6.54 Å². The maximum absolute atomic E-state index is 4.84. The van der Waals surface area contributed by atoms with Crippen molar-refractivity contribution >= 4 is 5.96 Å². The molecule has 0 aliphatic carbocycles. The van der Waals surface area contributed by atoms with Crippen LogP contribution in [-0.2, 0) is 6.54 Å². The molecular formula is C17H31N5O. The van der Waals surface area contributed by atoms with Crippen molar-refractivity contribution in [2.45, 2.75) is 52.1 Å². The molecule has 2 heterocycles. The number of rotatable bonds is 6. The Morgan fingerprint density at radius 1 is 1.26 bits per heavy atom. The standard InChI is InChI=1S/C17H31N5O/c1-14(2)16(22-9-6-4-5-7-10-22)13-20-17(18-3)19-12-15-8-11-23-21-15/h8,11,14,16H,4-7,9-10,12-13H2,1-3H3,(H2,18,19,20). The van der Waals surface area contributed by atoms with Crippen LogP contribution in [0.15, 0.2) is 21.8 Å². The summed E-state index contributed by atoms with van der Waals surface area (Å²) >= 11 is 0. The lowest BCUT2D eigenvalue weighted by molar-refractivity contribution is 0.161. The molecule has 1 atom stereocenters. The first-order valence-corrected chi connectivity index (χ1v) is 8.78. The van der Waals surface area contributed by atoms with Gasteiger partial charge in [-0.15, -0.1) is 0 Å². The Kier molecular flexibility index (Phi) is 7.39. The van der Waals surface area contributed by atoms with Crippen LogP contribution < -0.4 is 10.6 Å². The first kappa shape index (κ1) is 17.8. The van der Waals surface area contributed by atoms with Gasteiger partial charge < -0.3 is 15.2 Å². The number of guanidine groups is 1. The third-order valence-corrected chi connectivity index (χ3v) is 4.51. The molecule has 0 amide bonds. The van der Waals surface area contributed by atoms with Crippen molar-refractivity contribution in [3.05, 3.63) is 18.0 Å². The van der Waals surface area contributed by atoms with Gasteiger partial charge in [-0.1, -0.05) is 31.8 Å². The first-order chi connectivity index (χ1) is 11.2. The zero-order chi connectivity index (χ0) is 16.5. The lowest BCUT2D eigenvalue weighted by atomic mass is 10.0. The average Bonchev–Trinajstić information content (AvgIpc) is 2.92. The van der Waals surface area contributed by atoms with Crippen LogP contribution in [0.25, 0.3) is 0 Å². The molecule has 1 aromatic rings. The van der Waals surface area contributed by atoms with Crippen LogP contribution >= 0.6 is 0 Å². The molecule has 0 aromatic carbocycles. The maximum Gasteiger partial charge on any atom is 0.191 e. The zero-order valence-electron chi connectivity index (χ0n) is 14.7. The van der Waals surface area contributed by atoms with Gasteiger partial charge in [0, 0.05) is 25.7 Å². The summed E-state index contributed by atoms with van der Waals surface area (Å²) in [4.78, 5) is 6.95. The van der Waals surface area contributed by atoms with E-state index in [2.05, 4.69) is 39.5 Å². The van der Waals surface area contributed by atoms with Crippen LogP contribution in [0, 0.1) is 5.92 Å². The summed E-state index contributed by atoms with van der Waals surface area (Å²) in [6.45, 7) is 8.58. The summed E-state index contributed by atoms with van der Waals surface area (Å²) in [6, 6.07) is 2.40. The number of nitrogens with one attached hydrogen (secondary N) is 2. The Morgan fingerprint density at radius 3 is 2.57 bits per heavy atom. The summed E-state index contributed by atoms with van der Waals surface area (Å²) < 4.78 is 4.84. The average molecular weight is 321 g/mol. The largest absolute Gasteiger partial charge is 0.364 e. The van der Waals surface area contributed by atoms with Gasteiger partial charge in [0.15, 0.2) is 5.96 Å². The van der Waals surface area contributed by atoms with E-state index in [0.717, 1.165) is 18.2 Å². The molecule has 0 spiro atoms. The van der Waals surface area contributed by atoms with Crippen molar-refractivity contribution in [1.82, 2.24) is 20.7 Å². The number of aliphatic imine (C=N–C) groups is 1. The third-order valence-electron chi connectivity index (χ3n) is 4.51. The predicted octanol–water partition coefficient (Wildman–Crippen LogP) is 2.24. The minimum absolute atomic E-state index is 0.540. The molecule has 130 valence electrons. The maximum atomic E-state index is 4.84. The van der Waals surface area contributed by atoms with Crippen LogP contribution in [-0.4, -0.2) is 48.7 Å². The van der Waals surface area contributed by atoms with Crippen molar-refractivity contribution < 1.29 is 4.52 Å². The third kappa shape index (κ3) is 5.86. The molecule has 0 bridgehead atoms. The van der Waals surface area contributed by atoms with Gasteiger partial charge in [0.1, 0.15) is 12.0 Å². The van der Waals surface area contributed by atoms with Crippen LogP contribution in [0.1, 0.15) is 45.2 Å². The van der Waals surface area contributed by atoms with Gasteiger partial charge in [-0.05, 0) is 31.8 Å². The number of hydrogen-bond acceptors (Lipinski definition) is 4. The molecule has 1 unspecified atom stereocenters. The molecule has 1 aromatic heterocycles. The monoisotopic (exact) mass is 321 g/mol. The lowest BCUT2D eigenvalue weighted by Gasteiger charge is -2.34. The second kappa shape index (κ2) is 9.55. The van der Waals surface area contributed by atoms with E-state index in [1.165, 1.54) is 38.8 Å². The summed E-state index contributed by atoms with van der Waals surface area (Å²) in [5.74, 6) is 1.43. The first-order valence-electron chi connectivity index (χ1n) is 8.78. The number of likely N-dealkylation sites (tertiary alicyclic amines) is 1. The Morgan fingerprint density at radius 2 is 2.00 bits per heavy atom. The Bertz CT molecular complexity index is 450. The molecular weight excluding hydrogens is 290 g/mol. The Balaban J connectivity index is 1.83. The molecule has 1 fully saturated rings. The second-order valence-corrected chi connectivity index (χ2v) is 6.56. The molecule has 0 radical (unpaired) electrons. The molecule has 1 aliphatic heterocycles. The SMILES string of the molecule is CN=C(NCc1ccon1)NCC(C(C)C)N1CCCCCC1. The molecule has 0 saturated carbocycles. The number of hydrogen-bond donors (Lipinski definition) is 2. The van der Waals surface area contributed by atoms with Crippen molar-refractivity contribution in [2.24, 2.45) is 10.9 Å². The fraction of sp³-hybridized carbons (Fsp3) is 0.765. The van der Waals surface area contributed by atoms with E-state index in [1.807, 2.05) is 6.07 Å². The summed E-state index contributed by atoms with van der Waals surface area (Å²) in [7, 11) is 1.80. The fourth-order valence-corrected chi connectivity index (χ4v) is 3.14. The second-order valence-electron chi connectivity index (χ2n) is 6.56. The van der Waals surface area contributed by atoms with E-state index < -0.39 is 0 Å². The molecule has 1 saturated heterocycles. The Labute approximate surface area is 139 Å². The Hall–Kier alpha value is -1.56. The smallest absolute Gasteiger partial charge is 0.191 e. The van der Waals surface area contributed by atoms with Gasteiger partial charge >= 0.3 is 0 Å². The minimum atomic E-state index is 0.540. The highest BCUT2D eigenvalue weighted by Gasteiger charge is 2.22. The van der Waals surface area contributed by atoms with Crippen LogP contribution in [0.4, 0.5) is 0 Å². The van der Waals surface area contributed by atoms with E-state index >= 15 is 0 Å². The molecule has 6 nitrogen and oxygen atoms in total. The van der Waals surface area contributed by atoms with Gasteiger partial charge in [0.2, 0.25) is 0 Å². The van der Waals surface area contributed by atoms with Crippen molar-refractivity contribution in [3.63, 3.8) is 0 Å². The van der Waals surface area contributed by atoms with E-state index in [0.29, 0.717) is 18.5 Å². The quantitative estimate of drug-likeness (QED) is 0.621. The topological polar surface area (TPSA) is 65.7 Å². The number of aromatic nitrogens is 1. The molecule has 6 heteroatoms. The van der Waals surface area contributed by atoms with Crippen LogP contribution in [0.3, 0.4) is 0 Å². The van der Waals surface area contributed by atoms with Crippen molar-refractivity contribution in [1.29, 1.82) is 0 Å². The summed E-state index contributed by atoms with van der Waals surface area (Å²) in [5.41, 5.74) is 0.876. The highest BCUT2D eigenvalue weighted by molar-refractivity contribution is 5.79. The normalized spacial score (nSPS) is 18.7. The highest BCUT2D eigenvalue weighted by Crippen LogP contribution is 2.17. The molecule has 1 aliphatic rings.